The zero-order valence-electron chi connectivity index (χ0n) is 11.5. The van der Waals surface area contributed by atoms with E-state index in [0.29, 0.717) is 12.6 Å². The van der Waals surface area contributed by atoms with Crippen molar-refractivity contribution < 1.29 is 21.6 Å². The Morgan fingerprint density at radius 3 is 2.50 bits per heavy atom. The molecule has 1 N–H and O–H groups in total. The molecule has 1 aliphatic carbocycles. The van der Waals surface area contributed by atoms with Crippen LogP contribution >= 0.6 is 0 Å². The predicted octanol–water partition coefficient (Wildman–Crippen LogP) is 1.73. The zero-order chi connectivity index (χ0) is 15.0. The minimum atomic E-state index is -4.32. The van der Waals surface area contributed by atoms with E-state index >= 15 is 0 Å². The van der Waals surface area contributed by atoms with Gasteiger partial charge in [-0.3, -0.25) is 0 Å². The first kappa shape index (κ1) is 16.0. The summed E-state index contributed by atoms with van der Waals surface area (Å²) in [6, 6.07) is 0.386. The van der Waals surface area contributed by atoms with Crippen LogP contribution in [0.2, 0.25) is 0 Å². The number of halogens is 3. The van der Waals surface area contributed by atoms with E-state index in [0.717, 1.165) is 17.1 Å². The summed E-state index contributed by atoms with van der Waals surface area (Å²) in [5.74, 6) is -1.53. The molecular formula is C12H21F3N2O2S. The SMILES string of the molecule is CC(CNC1CC1)S(=O)(=O)N1CCCC(C(F)(F)F)C1. The highest BCUT2D eigenvalue weighted by molar-refractivity contribution is 7.89. The van der Waals surface area contributed by atoms with Gasteiger partial charge in [0.1, 0.15) is 0 Å². The number of alkyl halides is 3. The van der Waals surface area contributed by atoms with Crippen LogP contribution in [0.5, 0.6) is 0 Å². The Labute approximate surface area is 117 Å². The van der Waals surface area contributed by atoms with Gasteiger partial charge in [0, 0.05) is 25.7 Å². The summed E-state index contributed by atoms with van der Waals surface area (Å²) in [7, 11) is -3.65. The third-order valence-electron chi connectivity index (χ3n) is 3.99. The van der Waals surface area contributed by atoms with Gasteiger partial charge in [0.2, 0.25) is 10.0 Å². The van der Waals surface area contributed by atoms with Crippen molar-refractivity contribution >= 4 is 10.0 Å². The van der Waals surface area contributed by atoms with Crippen molar-refractivity contribution in [2.45, 2.75) is 50.1 Å². The summed E-state index contributed by atoms with van der Waals surface area (Å²) in [6.07, 6.45) is -1.93. The lowest BCUT2D eigenvalue weighted by Gasteiger charge is -2.34. The molecule has 0 amide bonds. The average Bonchev–Trinajstić information content (AvgIpc) is 3.19. The normalized spacial score (nSPS) is 27.5. The predicted molar refractivity (Wildman–Crippen MR) is 69.8 cm³/mol. The van der Waals surface area contributed by atoms with Crippen LogP contribution in [0.1, 0.15) is 32.6 Å². The Hall–Kier alpha value is -0.340. The zero-order valence-corrected chi connectivity index (χ0v) is 12.3. The Morgan fingerprint density at radius 1 is 1.30 bits per heavy atom. The largest absolute Gasteiger partial charge is 0.393 e. The first-order valence-electron chi connectivity index (χ1n) is 7.00. The monoisotopic (exact) mass is 314 g/mol. The molecule has 0 aromatic carbocycles. The smallest absolute Gasteiger partial charge is 0.313 e. The maximum absolute atomic E-state index is 12.7. The third-order valence-corrected chi connectivity index (χ3v) is 6.22. The Balaban J connectivity index is 1.96. The van der Waals surface area contributed by atoms with Gasteiger partial charge < -0.3 is 5.32 Å². The van der Waals surface area contributed by atoms with E-state index in [1.54, 1.807) is 6.92 Å². The number of nitrogens with one attached hydrogen (secondary N) is 1. The molecule has 0 radical (unpaired) electrons. The van der Waals surface area contributed by atoms with Crippen molar-refractivity contribution in [1.82, 2.24) is 9.62 Å². The number of sulfonamides is 1. The molecule has 0 spiro atoms. The van der Waals surface area contributed by atoms with E-state index < -0.39 is 33.9 Å². The van der Waals surface area contributed by atoms with Crippen molar-refractivity contribution in [3.05, 3.63) is 0 Å². The van der Waals surface area contributed by atoms with Gasteiger partial charge in [-0.25, -0.2) is 12.7 Å². The second kappa shape index (κ2) is 5.81. The molecule has 8 heteroatoms. The van der Waals surface area contributed by atoms with Crippen LogP contribution < -0.4 is 5.32 Å². The molecule has 0 aromatic rings. The summed E-state index contributed by atoms with van der Waals surface area (Å²) in [5, 5.41) is 2.43. The van der Waals surface area contributed by atoms with Crippen LogP contribution in [0.3, 0.4) is 0 Å². The molecule has 118 valence electrons. The van der Waals surface area contributed by atoms with Crippen LogP contribution in [-0.2, 0) is 10.0 Å². The van der Waals surface area contributed by atoms with Crippen molar-refractivity contribution in [1.29, 1.82) is 0 Å². The molecule has 1 saturated heterocycles. The van der Waals surface area contributed by atoms with Gasteiger partial charge >= 0.3 is 6.18 Å². The van der Waals surface area contributed by atoms with E-state index in [1.807, 2.05) is 0 Å². The number of nitrogens with zero attached hydrogens (tertiary/aromatic N) is 1. The number of rotatable bonds is 5. The molecule has 20 heavy (non-hydrogen) atoms. The highest BCUT2D eigenvalue weighted by atomic mass is 32.2. The Morgan fingerprint density at radius 2 is 1.95 bits per heavy atom. The molecule has 2 fully saturated rings. The summed E-state index contributed by atoms with van der Waals surface area (Å²) in [4.78, 5) is 0. The molecule has 2 unspecified atom stereocenters. The van der Waals surface area contributed by atoms with Crippen molar-refractivity contribution in [3.63, 3.8) is 0 Å². The van der Waals surface area contributed by atoms with Gasteiger partial charge in [-0.15, -0.1) is 0 Å². The number of piperidine rings is 1. The molecular weight excluding hydrogens is 293 g/mol. The van der Waals surface area contributed by atoms with E-state index in [2.05, 4.69) is 5.32 Å². The topological polar surface area (TPSA) is 49.4 Å². The second-order valence-corrected chi connectivity index (χ2v) is 8.13. The van der Waals surface area contributed by atoms with Crippen LogP contribution in [0.25, 0.3) is 0 Å². The standard InChI is InChI=1S/C12H21F3N2O2S/c1-9(7-16-11-4-5-11)20(18,19)17-6-2-3-10(8-17)12(13,14)15/h9-11,16H,2-8H2,1H3. The van der Waals surface area contributed by atoms with Crippen LogP contribution in [-0.4, -0.2) is 49.8 Å². The van der Waals surface area contributed by atoms with Gasteiger partial charge in [-0.05, 0) is 32.6 Å². The van der Waals surface area contributed by atoms with Gasteiger partial charge in [-0.2, -0.15) is 13.2 Å². The summed E-state index contributed by atoms with van der Waals surface area (Å²) in [5.41, 5.74) is 0. The lowest BCUT2D eigenvalue weighted by atomic mass is 9.99. The quantitative estimate of drug-likeness (QED) is 0.841. The van der Waals surface area contributed by atoms with E-state index in [9.17, 15) is 21.6 Å². The minimum Gasteiger partial charge on any atom is -0.313 e. The van der Waals surface area contributed by atoms with E-state index in [1.165, 1.54) is 0 Å². The maximum Gasteiger partial charge on any atom is 0.393 e. The van der Waals surface area contributed by atoms with Crippen molar-refractivity contribution in [2.24, 2.45) is 5.92 Å². The minimum absolute atomic E-state index is 0.0181. The molecule has 0 aromatic heterocycles. The Bertz CT molecular complexity index is 434. The summed E-state index contributed by atoms with van der Waals surface area (Å²) >= 11 is 0. The van der Waals surface area contributed by atoms with Crippen LogP contribution in [0, 0.1) is 5.92 Å². The van der Waals surface area contributed by atoms with Crippen molar-refractivity contribution in [3.8, 4) is 0 Å². The lowest BCUT2D eigenvalue weighted by Crippen LogP contribution is -2.49. The first-order valence-corrected chi connectivity index (χ1v) is 8.50. The third kappa shape index (κ3) is 3.85. The highest BCUT2D eigenvalue weighted by Gasteiger charge is 2.44. The molecule has 2 rings (SSSR count). The first-order chi connectivity index (χ1) is 9.21. The van der Waals surface area contributed by atoms with Crippen molar-refractivity contribution in [2.75, 3.05) is 19.6 Å². The molecule has 2 aliphatic rings. The summed E-state index contributed by atoms with van der Waals surface area (Å²) in [6.45, 7) is 1.63. The van der Waals surface area contributed by atoms with E-state index in [4.69, 9.17) is 0 Å². The van der Waals surface area contributed by atoms with Gasteiger partial charge in [0.25, 0.3) is 0 Å². The van der Waals surface area contributed by atoms with Crippen LogP contribution in [0.15, 0.2) is 0 Å². The van der Waals surface area contributed by atoms with Gasteiger partial charge in [0.05, 0.1) is 11.2 Å². The van der Waals surface area contributed by atoms with Gasteiger partial charge in [-0.1, -0.05) is 0 Å². The van der Waals surface area contributed by atoms with E-state index in [-0.39, 0.29) is 19.4 Å². The molecule has 1 heterocycles. The Kier molecular flexibility index (Phi) is 4.66. The molecule has 2 atom stereocenters. The molecule has 0 bridgehead atoms. The number of hydrogen-bond donors (Lipinski definition) is 1. The van der Waals surface area contributed by atoms with Crippen LogP contribution in [0.4, 0.5) is 13.2 Å². The highest BCUT2D eigenvalue weighted by Crippen LogP contribution is 2.34. The fraction of sp³-hybridized carbons (Fsp3) is 1.00. The second-order valence-electron chi connectivity index (χ2n) is 5.78. The fourth-order valence-corrected chi connectivity index (χ4v) is 4.01. The summed E-state index contributed by atoms with van der Waals surface area (Å²) < 4.78 is 63.8. The molecule has 1 aliphatic heterocycles. The fourth-order valence-electron chi connectivity index (χ4n) is 2.42. The average molecular weight is 314 g/mol. The molecule has 1 saturated carbocycles. The van der Waals surface area contributed by atoms with Gasteiger partial charge in [0.15, 0.2) is 0 Å². The maximum atomic E-state index is 12.7. The number of hydrogen-bond acceptors (Lipinski definition) is 3. The lowest BCUT2D eigenvalue weighted by molar-refractivity contribution is -0.182. The molecule has 4 nitrogen and oxygen atoms in total.